The van der Waals surface area contributed by atoms with E-state index < -0.39 is 5.82 Å². The molecule has 1 aromatic heterocycles. The summed E-state index contributed by atoms with van der Waals surface area (Å²) >= 11 is 0. The number of halogens is 1. The summed E-state index contributed by atoms with van der Waals surface area (Å²) in [6.07, 6.45) is 1.53. The van der Waals surface area contributed by atoms with Crippen molar-refractivity contribution >= 4 is 11.8 Å². The Morgan fingerprint density at radius 2 is 1.83 bits per heavy atom. The van der Waals surface area contributed by atoms with E-state index in [1.807, 2.05) is 32.0 Å². The van der Waals surface area contributed by atoms with E-state index >= 15 is 0 Å². The van der Waals surface area contributed by atoms with Crippen LogP contribution in [0.3, 0.4) is 0 Å². The highest BCUT2D eigenvalue weighted by Gasteiger charge is 2.23. The van der Waals surface area contributed by atoms with E-state index in [0.717, 1.165) is 49.6 Å². The van der Waals surface area contributed by atoms with Crippen LogP contribution in [0.25, 0.3) is 0 Å². The molecule has 0 aliphatic carbocycles. The van der Waals surface area contributed by atoms with Gasteiger partial charge in [-0.3, -0.25) is 4.90 Å². The van der Waals surface area contributed by atoms with Gasteiger partial charge in [0.25, 0.3) is 0 Å². The van der Waals surface area contributed by atoms with E-state index in [-0.39, 0.29) is 17.8 Å². The molecule has 0 spiro atoms. The van der Waals surface area contributed by atoms with E-state index in [1.54, 1.807) is 30.5 Å². The van der Waals surface area contributed by atoms with Gasteiger partial charge in [0.15, 0.2) is 11.6 Å². The Hall–Kier alpha value is -3.65. The van der Waals surface area contributed by atoms with Crippen LogP contribution in [0, 0.1) is 5.82 Å². The Labute approximate surface area is 211 Å². The molecule has 2 aromatic carbocycles. The number of aromatic nitrogens is 1. The third-order valence-electron chi connectivity index (χ3n) is 5.95. The van der Waals surface area contributed by atoms with Crippen molar-refractivity contribution in [2.45, 2.75) is 33.1 Å². The summed E-state index contributed by atoms with van der Waals surface area (Å²) in [6, 6.07) is 16.3. The molecule has 1 fully saturated rings. The molecule has 0 amide bonds. The fourth-order valence-corrected chi connectivity index (χ4v) is 4.16. The van der Waals surface area contributed by atoms with Gasteiger partial charge in [0.2, 0.25) is 0 Å². The van der Waals surface area contributed by atoms with Crippen LogP contribution in [0.4, 0.5) is 10.2 Å². The molecule has 0 atom stereocenters. The molecule has 3 aromatic rings. The fourth-order valence-electron chi connectivity index (χ4n) is 4.16. The molecule has 0 bridgehead atoms. The van der Waals surface area contributed by atoms with Gasteiger partial charge < -0.3 is 19.1 Å². The van der Waals surface area contributed by atoms with Crippen LogP contribution < -0.4 is 14.4 Å². The van der Waals surface area contributed by atoms with Crippen LogP contribution >= 0.6 is 0 Å². The van der Waals surface area contributed by atoms with Gasteiger partial charge >= 0.3 is 5.97 Å². The van der Waals surface area contributed by atoms with Crippen LogP contribution in [0.1, 0.15) is 35.3 Å². The van der Waals surface area contributed by atoms with Crippen molar-refractivity contribution in [1.29, 1.82) is 0 Å². The number of hydrogen-bond acceptors (Lipinski definition) is 7. The maximum Gasteiger partial charge on any atom is 0.342 e. The molecule has 4 rings (SSSR count). The number of ether oxygens (including phenoxy) is 3. The number of benzene rings is 2. The third-order valence-corrected chi connectivity index (χ3v) is 5.95. The topological polar surface area (TPSA) is 64.1 Å². The maximum absolute atomic E-state index is 13.6. The molecule has 1 aliphatic heterocycles. The zero-order chi connectivity index (χ0) is 25.5. The standard InChI is InChI=1S/C28H32FN3O4/c1-20(2)36-28(33)24-8-5-11-30-27(24)32-14-12-31(13-15-32)18-21-6-4-7-23(16-21)35-19-22-9-10-25(29)26(17-22)34-3/h4-11,16-17,20H,12-15,18-19H2,1-3H3. The number of methoxy groups -OCH3 is 1. The Morgan fingerprint density at radius 1 is 1.03 bits per heavy atom. The normalized spacial score (nSPS) is 14.1. The van der Waals surface area contributed by atoms with Crippen LogP contribution in [-0.2, 0) is 17.9 Å². The summed E-state index contributed by atoms with van der Waals surface area (Å²) in [7, 11) is 1.45. The number of pyridine rings is 1. The third kappa shape index (κ3) is 6.51. The predicted molar refractivity (Wildman–Crippen MR) is 136 cm³/mol. The van der Waals surface area contributed by atoms with Crippen molar-refractivity contribution < 1.29 is 23.4 Å². The minimum atomic E-state index is -0.391. The highest BCUT2D eigenvalue weighted by Crippen LogP contribution is 2.23. The van der Waals surface area contributed by atoms with Crippen LogP contribution in [0.5, 0.6) is 11.5 Å². The highest BCUT2D eigenvalue weighted by atomic mass is 19.1. The van der Waals surface area contributed by atoms with E-state index in [1.165, 1.54) is 13.2 Å². The van der Waals surface area contributed by atoms with E-state index in [9.17, 15) is 9.18 Å². The van der Waals surface area contributed by atoms with Crippen LogP contribution in [0.2, 0.25) is 0 Å². The van der Waals surface area contributed by atoms with Crippen molar-refractivity contribution in [3.63, 3.8) is 0 Å². The largest absolute Gasteiger partial charge is 0.494 e. The quantitative estimate of drug-likeness (QED) is 0.401. The van der Waals surface area contributed by atoms with Gasteiger partial charge in [-0.1, -0.05) is 18.2 Å². The van der Waals surface area contributed by atoms with Gasteiger partial charge in [-0.2, -0.15) is 0 Å². The van der Waals surface area contributed by atoms with Gasteiger partial charge in [-0.15, -0.1) is 0 Å². The fraction of sp³-hybridized carbons (Fsp3) is 0.357. The average Bonchev–Trinajstić information content (AvgIpc) is 2.88. The van der Waals surface area contributed by atoms with Crippen molar-refractivity contribution in [1.82, 2.24) is 9.88 Å². The molecule has 0 radical (unpaired) electrons. The van der Waals surface area contributed by atoms with Gasteiger partial charge in [0, 0.05) is 38.9 Å². The first kappa shape index (κ1) is 25.4. The molecular formula is C28H32FN3O4. The lowest BCUT2D eigenvalue weighted by atomic mass is 10.1. The van der Waals surface area contributed by atoms with Crippen molar-refractivity contribution in [2.24, 2.45) is 0 Å². The SMILES string of the molecule is COc1cc(COc2cccc(CN3CCN(c4ncccc4C(=O)OC(C)C)CC3)c2)ccc1F. The number of carbonyl (C=O) groups is 1. The number of carbonyl (C=O) groups excluding carboxylic acids is 1. The average molecular weight is 494 g/mol. The van der Waals surface area contributed by atoms with Crippen molar-refractivity contribution in [3.05, 3.63) is 83.3 Å². The number of esters is 1. The van der Waals surface area contributed by atoms with Crippen molar-refractivity contribution in [2.75, 3.05) is 38.2 Å². The molecule has 0 unspecified atom stereocenters. The van der Waals surface area contributed by atoms with Gasteiger partial charge in [0.1, 0.15) is 23.7 Å². The van der Waals surface area contributed by atoms with Crippen LogP contribution in [-0.4, -0.2) is 55.2 Å². The second-order valence-electron chi connectivity index (χ2n) is 9.00. The second-order valence-corrected chi connectivity index (χ2v) is 9.00. The van der Waals surface area contributed by atoms with Gasteiger partial charge in [-0.05, 0) is 61.4 Å². The molecule has 0 saturated carbocycles. The maximum atomic E-state index is 13.6. The monoisotopic (exact) mass is 493 g/mol. The lowest BCUT2D eigenvalue weighted by Crippen LogP contribution is -2.46. The number of nitrogens with zero attached hydrogens (tertiary/aromatic N) is 3. The van der Waals surface area contributed by atoms with E-state index in [4.69, 9.17) is 14.2 Å². The van der Waals surface area contributed by atoms with Crippen LogP contribution in [0.15, 0.2) is 60.8 Å². The number of hydrogen-bond donors (Lipinski definition) is 0. The van der Waals surface area contributed by atoms with Crippen molar-refractivity contribution in [3.8, 4) is 11.5 Å². The zero-order valence-electron chi connectivity index (χ0n) is 20.9. The summed E-state index contributed by atoms with van der Waals surface area (Å²) in [4.78, 5) is 21.5. The first-order chi connectivity index (χ1) is 17.4. The van der Waals surface area contributed by atoms with Gasteiger partial charge in [0.05, 0.1) is 13.2 Å². The second kappa shape index (κ2) is 11.9. The predicted octanol–water partition coefficient (Wildman–Crippen LogP) is 4.70. The summed E-state index contributed by atoms with van der Waals surface area (Å²) < 4.78 is 30.0. The molecule has 36 heavy (non-hydrogen) atoms. The first-order valence-electron chi connectivity index (χ1n) is 12.1. The minimum Gasteiger partial charge on any atom is -0.494 e. The summed E-state index contributed by atoms with van der Waals surface area (Å²) in [5.74, 6) is 0.912. The summed E-state index contributed by atoms with van der Waals surface area (Å²) in [5, 5.41) is 0. The molecule has 8 heteroatoms. The smallest absolute Gasteiger partial charge is 0.342 e. The number of piperazine rings is 1. The van der Waals surface area contributed by atoms with Gasteiger partial charge in [-0.25, -0.2) is 14.2 Å². The Morgan fingerprint density at radius 3 is 2.58 bits per heavy atom. The molecule has 2 heterocycles. The molecule has 7 nitrogen and oxygen atoms in total. The molecule has 1 aliphatic rings. The van der Waals surface area contributed by atoms with E-state index in [0.29, 0.717) is 18.0 Å². The van der Waals surface area contributed by atoms with E-state index in [2.05, 4.69) is 20.9 Å². The number of rotatable bonds is 9. The molecule has 1 saturated heterocycles. The molecule has 0 N–H and O–H groups in total. The first-order valence-corrected chi connectivity index (χ1v) is 12.1. The summed E-state index contributed by atoms with van der Waals surface area (Å²) in [5.41, 5.74) is 2.49. The minimum absolute atomic E-state index is 0.180. The number of anilines is 1. The lowest BCUT2D eigenvalue weighted by Gasteiger charge is -2.36. The Balaban J connectivity index is 1.32. The lowest BCUT2D eigenvalue weighted by molar-refractivity contribution is 0.0378. The summed E-state index contributed by atoms with van der Waals surface area (Å²) in [6.45, 7) is 8.01. The highest BCUT2D eigenvalue weighted by molar-refractivity contribution is 5.94. The molecule has 190 valence electrons. The zero-order valence-corrected chi connectivity index (χ0v) is 20.9. The Kier molecular flexibility index (Phi) is 8.38. The molecular weight excluding hydrogens is 461 g/mol. The Bertz CT molecular complexity index is 1180.